The van der Waals surface area contributed by atoms with E-state index < -0.39 is 0 Å². The number of fused-ring (bicyclic) bond motifs is 1. The highest BCUT2D eigenvalue weighted by molar-refractivity contribution is 5.54. The van der Waals surface area contributed by atoms with Crippen molar-refractivity contribution in [2.75, 3.05) is 11.9 Å². The number of pyridine rings is 1. The van der Waals surface area contributed by atoms with Crippen LogP contribution < -0.4 is 5.32 Å². The van der Waals surface area contributed by atoms with Gasteiger partial charge >= 0.3 is 0 Å². The second-order valence-electron chi connectivity index (χ2n) is 4.11. The van der Waals surface area contributed by atoms with E-state index in [0.29, 0.717) is 5.92 Å². The lowest BCUT2D eigenvalue weighted by molar-refractivity contribution is 0.635. The van der Waals surface area contributed by atoms with Gasteiger partial charge in [0.1, 0.15) is 0 Å². The van der Waals surface area contributed by atoms with Crippen molar-refractivity contribution < 1.29 is 0 Å². The molecule has 1 aromatic rings. The molecule has 0 atom stereocenters. The molecule has 2 nitrogen and oxygen atoms in total. The Morgan fingerprint density at radius 3 is 3.15 bits per heavy atom. The van der Waals surface area contributed by atoms with Crippen LogP contribution in [-0.4, -0.2) is 11.5 Å². The summed E-state index contributed by atoms with van der Waals surface area (Å²) in [5.74, 6) is 0.694. The zero-order valence-corrected chi connectivity index (χ0v) is 8.30. The molecule has 13 heavy (non-hydrogen) atoms. The van der Waals surface area contributed by atoms with E-state index in [-0.39, 0.29) is 0 Å². The Kier molecular flexibility index (Phi) is 2.21. The third-order valence-corrected chi connectivity index (χ3v) is 2.37. The third kappa shape index (κ3) is 1.82. The Morgan fingerprint density at radius 1 is 1.54 bits per heavy atom. The maximum absolute atomic E-state index is 4.43. The van der Waals surface area contributed by atoms with E-state index in [9.17, 15) is 0 Å². The van der Waals surface area contributed by atoms with Crippen molar-refractivity contribution in [3.8, 4) is 0 Å². The summed E-state index contributed by atoms with van der Waals surface area (Å²) in [4.78, 5) is 4.43. The van der Waals surface area contributed by atoms with Crippen LogP contribution in [0.4, 0.5) is 5.69 Å². The lowest BCUT2D eigenvalue weighted by Gasteiger charge is -2.05. The summed E-state index contributed by atoms with van der Waals surface area (Å²) < 4.78 is 0. The van der Waals surface area contributed by atoms with Crippen molar-refractivity contribution in [3.05, 3.63) is 23.5 Å². The number of rotatable bonds is 2. The largest absolute Gasteiger partial charge is 0.383 e. The fraction of sp³-hybridized carbons (Fsp3) is 0.545. The average molecular weight is 176 g/mol. The summed E-state index contributed by atoms with van der Waals surface area (Å²) in [6.45, 7) is 5.53. The van der Waals surface area contributed by atoms with Crippen LogP contribution in [0.5, 0.6) is 0 Å². The topological polar surface area (TPSA) is 24.9 Å². The van der Waals surface area contributed by atoms with Crippen LogP contribution in [0.1, 0.15) is 25.1 Å². The van der Waals surface area contributed by atoms with Gasteiger partial charge in [0.2, 0.25) is 0 Å². The highest BCUT2D eigenvalue weighted by atomic mass is 14.9. The summed E-state index contributed by atoms with van der Waals surface area (Å²) in [6, 6.07) is 2.25. The van der Waals surface area contributed by atoms with E-state index >= 15 is 0 Å². The van der Waals surface area contributed by atoms with E-state index in [0.717, 1.165) is 19.4 Å². The molecule has 0 spiro atoms. The molecule has 2 heterocycles. The Bertz CT molecular complexity index is 305. The standard InChI is InChI=1S/C11H16N2/c1-8(2)5-10-6-9-3-4-12-11(9)7-13-10/h6-8,12H,3-5H2,1-2H3. The fourth-order valence-corrected chi connectivity index (χ4v) is 1.77. The normalized spacial score (nSPS) is 14.4. The van der Waals surface area contributed by atoms with E-state index in [1.807, 2.05) is 6.20 Å². The fourth-order valence-electron chi connectivity index (χ4n) is 1.77. The molecule has 1 aromatic heterocycles. The van der Waals surface area contributed by atoms with Gasteiger partial charge in [0.25, 0.3) is 0 Å². The van der Waals surface area contributed by atoms with E-state index in [1.165, 1.54) is 16.9 Å². The minimum Gasteiger partial charge on any atom is -0.383 e. The van der Waals surface area contributed by atoms with Gasteiger partial charge < -0.3 is 5.32 Å². The molecule has 1 aliphatic heterocycles. The Balaban J connectivity index is 2.21. The monoisotopic (exact) mass is 176 g/mol. The van der Waals surface area contributed by atoms with Gasteiger partial charge in [0.15, 0.2) is 0 Å². The first-order valence-electron chi connectivity index (χ1n) is 4.97. The van der Waals surface area contributed by atoms with Crippen LogP contribution in [0.3, 0.4) is 0 Å². The van der Waals surface area contributed by atoms with Gasteiger partial charge in [-0.15, -0.1) is 0 Å². The van der Waals surface area contributed by atoms with Gasteiger partial charge in [0.05, 0.1) is 11.9 Å². The predicted molar refractivity (Wildman–Crippen MR) is 55.0 cm³/mol. The number of nitrogens with one attached hydrogen (secondary N) is 1. The van der Waals surface area contributed by atoms with Gasteiger partial charge in [-0.05, 0) is 30.4 Å². The molecule has 2 rings (SSSR count). The molecular weight excluding hydrogens is 160 g/mol. The summed E-state index contributed by atoms with van der Waals surface area (Å²) in [6.07, 6.45) is 4.22. The SMILES string of the molecule is CC(C)Cc1cc2c(cn1)NCC2. The van der Waals surface area contributed by atoms with Gasteiger partial charge in [-0.3, -0.25) is 4.98 Å². The molecule has 0 saturated heterocycles. The minimum absolute atomic E-state index is 0.694. The number of nitrogens with zero attached hydrogens (tertiary/aromatic N) is 1. The van der Waals surface area contributed by atoms with Crippen LogP contribution >= 0.6 is 0 Å². The van der Waals surface area contributed by atoms with Crippen LogP contribution in [0, 0.1) is 5.92 Å². The summed E-state index contributed by atoms with van der Waals surface area (Å²) in [7, 11) is 0. The average Bonchev–Trinajstić information content (AvgIpc) is 2.49. The molecule has 0 aliphatic carbocycles. The molecule has 0 aromatic carbocycles. The second kappa shape index (κ2) is 3.36. The van der Waals surface area contributed by atoms with Crippen molar-refractivity contribution in [3.63, 3.8) is 0 Å². The molecule has 0 unspecified atom stereocenters. The molecule has 1 aliphatic rings. The lowest BCUT2D eigenvalue weighted by Crippen LogP contribution is -1.98. The highest BCUT2D eigenvalue weighted by Gasteiger charge is 2.11. The summed E-state index contributed by atoms with van der Waals surface area (Å²) in [5.41, 5.74) is 3.90. The maximum atomic E-state index is 4.43. The number of hydrogen-bond acceptors (Lipinski definition) is 2. The Hall–Kier alpha value is -1.05. The Labute approximate surface area is 79.4 Å². The van der Waals surface area contributed by atoms with E-state index in [4.69, 9.17) is 0 Å². The van der Waals surface area contributed by atoms with Crippen LogP contribution in [0.15, 0.2) is 12.3 Å². The first kappa shape index (κ1) is 8.54. The molecule has 0 amide bonds. The van der Waals surface area contributed by atoms with Crippen molar-refractivity contribution in [2.24, 2.45) is 5.92 Å². The molecule has 0 bridgehead atoms. The van der Waals surface area contributed by atoms with Crippen molar-refractivity contribution in [1.82, 2.24) is 4.98 Å². The minimum atomic E-state index is 0.694. The molecule has 1 N–H and O–H groups in total. The molecule has 2 heteroatoms. The highest BCUT2D eigenvalue weighted by Crippen LogP contribution is 2.22. The van der Waals surface area contributed by atoms with Crippen molar-refractivity contribution in [1.29, 1.82) is 0 Å². The second-order valence-corrected chi connectivity index (χ2v) is 4.11. The molecular formula is C11H16N2. The smallest absolute Gasteiger partial charge is 0.0560 e. The molecule has 0 fully saturated rings. The maximum Gasteiger partial charge on any atom is 0.0560 e. The number of aromatic nitrogens is 1. The lowest BCUT2D eigenvalue weighted by atomic mass is 10.1. The zero-order chi connectivity index (χ0) is 9.26. The van der Waals surface area contributed by atoms with Crippen molar-refractivity contribution >= 4 is 5.69 Å². The zero-order valence-electron chi connectivity index (χ0n) is 8.30. The Morgan fingerprint density at radius 2 is 2.38 bits per heavy atom. The molecule has 0 radical (unpaired) electrons. The molecule has 70 valence electrons. The van der Waals surface area contributed by atoms with Gasteiger partial charge in [-0.1, -0.05) is 13.8 Å². The summed E-state index contributed by atoms with van der Waals surface area (Å²) in [5, 5.41) is 3.32. The predicted octanol–water partition coefficient (Wildman–Crippen LogP) is 2.25. The third-order valence-electron chi connectivity index (χ3n) is 2.37. The van der Waals surface area contributed by atoms with Gasteiger partial charge in [0, 0.05) is 12.2 Å². The summed E-state index contributed by atoms with van der Waals surface area (Å²) >= 11 is 0. The van der Waals surface area contributed by atoms with E-state index in [2.05, 4.69) is 30.2 Å². The number of anilines is 1. The van der Waals surface area contributed by atoms with E-state index in [1.54, 1.807) is 0 Å². The van der Waals surface area contributed by atoms with Crippen LogP contribution in [0.25, 0.3) is 0 Å². The van der Waals surface area contributed by atoms with Crippen LogP contribution in [0.2, 0.25) is 0 Å². The van der Waals surface area contributed by atoms with Gasteiger partial charge in [-0.2, -0.15) is 0 Å². The van der Waals surface area contributed by atoms with Gasteiger partial charge in [-0.25, -0.2) is 0 Å². The van der Waals surface area contributed by atoms with Crippen LogP contribution in [-0.2, 0) is 12.8 Å². The molecule has 0 saturated carbocycles. The van der Waals surface area contributed by atoms with Crippen molar-refractivity contribution in [2.45, 2.75) is 26.7 Å². The first-order valence-corrected chi connectivity index (χ1v) is 4.97. The quantitative estimate of drug-likeness (QED) is 0.747. The number of hydrogen-bond donors (Lipinski definition) is 1. The first-order chi connectivity index (χ1) is 6.25.